The Kier molecular flexibility index (Phi) is 4.06. The van der Waals surface area contributed by atoms with Crippen LogP contribution >= 0.6 is 11.6 Å². The molecule has 0 saturated heterocycles. The molecule has 0 unspecified atom stereocenters. The number of carbonyl (C=O) groups is 1. The van der Waals surface area contributed by atoms with Crippen molar-refractivity contribution < 1.29 is 13.9 Å². The van der Waals surface area contributed by atoms with E-state index in [1.807, 2.05) is 12.1 Å². The standard InChI is InChI=1S/C20H15ClN2O3/c21-14-5-2-1-4-12(14)18-13(10-22)20(23)26-17-9-11(8-15(24)19(17)18)16-6-3-7-25-16/h1-7,11,18H,8-9,23H2/t11-,18-/m0/s1. The number of hydrogen-bond donors (Lipinski definition) is 1. The Labute approximate surface area is 155 Å². The molecule has 5 nitrogen and oxygen atoms in total. The maximum Gasteiger partial charge on any atom is 0.205 e. The normalized spacial score (nSPS) is 22.7. The van der Waals surface area contributed by atoms with Crippen LogP contribution in [0.15, 0.2) is 69.9 Å². The topological polar surface area (TPSA) is 89.3 Å². The fourth-order valence-corrected chi connectivity index (χ4v) is 3.90. The average molecular weight is 367 g/mol. The Hall–Kier alpha value is -2.97. The third kappa shape index (κ3) is 2.59. The Balaban J connectivity index is 1.83. The summed E-state index contributed by atoms with van der Waals surface area (Å²) in [7, 11) is 0. The number of Topliss-reactive ketones (excluding diaryl/α,β-unsaturated/α-hetero) is 1. The number of rotatable bonds is 2. The van der Waals surface area contributed by atoms with Crippen molar-refractivity contribution in [3.8, 4) is 6.07 Å². The van der Waals surface area contributed by atoms with E-state index in [0.29, 0.717) is 28.3 Å². The molecule has 130 valence electrons. The molecule has 0 fully saturated rings. The van der Waals surface area contributed by atoms with Crippen LogP contribution in [0, 0.1) is 11.3 Å². The SMILES string of the molecule is N#CC1=C(N)OC2=C(C(=O)C[C@H](c3ccco3)C2)[C@H]1c1ccccc1Cl. The van der Waals surface area contributed by atoms with E-state index in [4.69, 9.17) is 26.5 Å². The van der Waals surface area contributed by atoms with E-state index in [-0.39, 0.29) is 29.6 Å². The summed E-state index contributed by atoms with van der Waals surface area (Å²) >= 11 is 6.35. The van der Waals surface area contributed by atoms with Gasteiger partial charge in [-0.1, -0.05) is 29.8 Å². The van der Waals surface area contributed by atoms with Gasteiger partial charge in [0.05, 0.1) is 12.2 Å². The highest BCUT2D eigenvalue weighted by Gasteiger charge is 2.42. The molecule has 0 bridgehead atoms. The molecule has 1 aliphatic carbocycles. The Bertz CT molecular complexity index is 983. The summed E-state index contributed by atoms with van der Waals surface area (Å²) in [5.41, 5.74) is 7.36. The van der Waals surface area contributed by atoms with Crippen LogP contribution in [-0.4, -0.2) is 5.78 Å². The molecule has 6 heteroatoms. The predicted molar refractivity (Wildman–Crippen MR) is 94.8 cm³/mol. The quantitative estimate of drug-likeness (QED) is 0.862. The summed E-state index contributed by atoms with van der Waals surface area (Å²) in [5, 5.41) is 10.1. The first-order valence-corrected chi connectivity index (χ1v) is 8.59. The highest BCUT2D eigenvalue weighted by molar-refractivity contribution is 6.31. The average Bonchev–Trinajstić information content (AvgIpc) is 3.15. The maximum absolute atomic E-state index is 13.0. The van der Waals surface area contributed by atoms with Crippen LogP contribution in [-0.2, 0) is 9.53 Å². The lowest BCUT2D eigenvalue weighted by molar-refractivity contribution is -0.117. The van der Waals surface area contributed by atoms with E-state index in [1.165, 1.54) is 0 Å². The summed E-state index contributed by atoms with van der Waals surface area (Å²) in [6.07, 6.45) is 2.35. The molecule has 2 N–H and O–H groups in total. The van der Waals surface area contributed by atoms with Gasteiger partial charge in [-0.2, -0.15) is 5.26 Å². The summed E-state index contributed by atoms with van der Waals surface area (Å²) in [4.78, 5) is 13.0. The van der Waals surface area contributed by atoms with Crippen molar-refractivity contribution in [3.05, 3.63) is 81.8 Å². The molecule has 0 amide bonds. The molecule has 26 heavy (non-hydrogen) atoms. The van der Waals surface area contributed by atoms with Crippen molar-refractivity contribution in [2.75, 3.05) is 0 Å². The molecule has 0 radical (unpaired) electrons. The van der Waals surface area contributed by atoms with Gasteiger partial charge in [0.1, 0.15) is 23.2 Å². The van der Waals surface area contributed by atoms with Crippen molar-refractivity contribution in [1.29, 1.82) is 5.26 Å². The molecule has 1 aromatic heterocycles. The van der Waals surface area contributed by atoms with E-state index < -0.39 is 5.92 Å². The van der Waals surface area contributed by atoms with E-state index in [0.717, 1.165) is 5.76 Å². The maximum atomic E-state index is 13.0. The van der Waals surface area contributed by atoms with Crippen molar-refractivity contribution in [2.45, 2.75) is 24.7 Å². The van der Waals surface area contributed by atoms with Gasteiger partial charge >= 0.3 is 0 Å². The van der Waals surface area contributed by atoms with Gasteiger partial charge in [-0.25, -0.2) is 0 Å². The van der Waals surface area contributed by atoms with Gasteiger partial charge in [0.15, 0.2) is 5.78 Å². The highest BCUT2D eigenvalue weighted by atomic mass is 35.5. The zero-order valence-electron chi connectivity index (χ0n) is 13.7. The van der Waals surface area contributed by atoms with Crippen molar-refractivity contribution in [2.24, 2.45) is 5.73 Å². The molecule has 2 heterocycles. The molecule has 2 aromatic rings. The minimum absolute atomic E-state index is 0.0177. The number of ether oxygens (including phenoxy) is 1. The number of nitrogens with two attached hydrogens (primary N) is 1. The minimum atomic E-state index is -0.609. The fraction of sp³-hybridized carbons (Fsp3) is 0.200. The molecular formula is C20H15ClN2O3. The molecule has 1 aromatic carbocycles. The Morgan fingerprint density at radius 3 is 2.69 bits per heavy atom. The number of furan rings is 1. The van der Waals surface area contributed by atoms with Crippen LogP contribution in [0.1, 0.15) is 36.0 Å². The van der Waals surface area contributed by atoms with Gasteiger partial charge in [0.2, 0.25) is 5.88 Å². The van der Waals surface area contributed by atoms with Crippen molar-refractivity contribution >= 4 is 17.4 Å². The zero-order chi connectivity index (χ0) is 18.3. The third-order valence-corrected chi connectivity index (χ3v) is 5.17. The second-order valence-electron chi connectivity index (χ2n) is 6.33. The number of halogens is 1. The van der Waals surface area contributed by atoms with Crippen LogP contribution in [0.5, 0.6) is 0 Å². The van der Waals surface area contributed by atoms with E-state index in [1.54, 1.807) is 30.5 Å². The largest absolute Gasteiger partial charge is 0.469 e. The van der Waals surface area contributed by atoms with Gasteiger partial charge in [-0.05, 0) is 23.8 Å². The molecule has 2 atom stereocenters. The first-order chi connectivity index (χ1) is 12.6. The van der Waals surface area contributed by atoms with Crippen LogP contribution in [0.3, 0.4) is 0 Å². The Morgan fingerprint density at radius 2 is 2.00 bits per heavy atom. The predicted octanol–water partition coefficient (Wildman–Crippen LogP) is 4.14. The third-order valence-electron chi connectivity index (χ3n) is 4.82. The van der Waals surface area contributed by atoms with Crippen molar-refractivity contribution in [3.63, 3.8) is 0 Å². The lowest BCUT2D eigenvalue weighted by Gasteiger charge is -2.33. The monoisotopic (exact) mass is 366 g/mol. The zero-order valence-corrected chi connectivity index (χ0v) is 14.5. The molecule has 0 saturated carbocycles. The van der Waals surface area contributed by atoms with Crippen LogP contribution in [0.2, 0.25) is 5.02 Å². The van der Waals surface area contributed by atoms with E-state index in [9.17, 15) is 10.1 Å². The first-order valence-electron chi connectivity index (χ1n) is 8.21. The minimum Gasteiger partial charge on any atom is -0.469 e. The van der Waals surface area contributed by atoms with E-state index >= 15 is 0 Å². The molecular weight excluding hydrogens is 352 g/mol. The number of allylic oxidation sites excluding steroid dienone is 3. The number of hydrogen-bond acceptors (Lipinski definition) is 5. The Morgan fingerprint density at radius 1 is 1.19 bits per heavy atom. The van der Waals surface area contributed by atoms with E-state index in [2.05, 4.69) is 6.07 Å². The summed E-state index contributed by atoms with van der Waals surface area (Å²) in [5.74, 6) is 0.435. The second-order valence-corrected chi connectivity index (χ2v) is 6.73. The summed E-state index contributed by atoms with van der Waals surface area (Å²) in [6.45, 7) is 0. The number of carbonyl (C=O) groups excluding carboxylic acids is 1. The van der Waals surface area contributed by atoms with Crippen molar-refractivity contribution in [1.82, 2.24) is 0 Å². The van der Waals surface area contributed by atoms with Crippen LogP contribution in [0.25, 0.3) is 0 Å². The summed E-state index contributed by atoms with van der Waals surface area (Å²) < 4.78 is 11.1. The van der Waals surface area contributed by atoms with Gasteiger partial charge in [0, 0.05) is 29.4 Å². The van der Waals surface area contributed by atoms with Crippen LogP contribution in [0.4, 0.5) is 0 Å². The smallest absolute Gasteiger partial charge is 0.205 e. The van der Waals surface area contributed by atoms with Gasteiger partial charge in [-0.15, -0.1) is 0 Å². The highest BCUT2D eigenvalue weighted by Crippen LogP contribution is 2.47. The number of nitrogens with zero attached hydrogens (tertiary/aromatic N) is 1. The number of ketones is 1. The fourth-order valence-electron chi connectivity index (χ4n) is 3.65. The lowest BCUT2D eigenvalue weighted by atomic mass is 9.74. The lowest BCUT2D eigenvalue weighted by Crippen LogP contribution is -2.29. The van der Waals surface area contributed by atoms with Gasteiger partial charge in [-0.3, -0.25) is 4.79 Å². The second kappa shape index (κ2) is 6.40. The number of benzene rings is 1. The molecule has 2 aliphatic rings. The first kappa shape index (κ1) is 16.5. The van der Waals surface area contributed by atoms with Crippen LogP contribution < -0.4 is 5.73 Å². The molecule has 1 aliphatic heterocycles. The van der Waals surface area contributed by atoms with Gasteiger partial charge < -0.3 is 14.9 Å². The molecule has 4 rings (SSSR count). The number of nitriles is 1. The van der Waals surface area contributed by atoms with Gasteiger partial charge in [0.25, 0.3) is 0 Å². The molecule has 0 spiro atoms. The summed E-state index contributed by atoms with van der Waals surface area (Å²) in [6, 6.07) is 12.9.